The number of hydrogen-bond acceptors (Lipinski definition) is 1. The summed E-state index contributed by atoms with van der Waals surface area (Å²) in [6.07, 6.45) is 3.21. The Morgan fingerprint density at radius 2 is 1.81 bits per heavy atom. The monoisotopic (exact) mass is 210 g/mol. The van der Waals surface area contributed by atoms with Gasteiger partial charge in [0.2, 0.25) is 0 Å². The summed E-state index contributed by atoms with van der Waals surface area (Å²) in [5.41, 5.74) is 0.866. The van der Waals surface area contributed by atoms with Gasteiger partial charge in [-0.1, -0.05) is 36.4 Å². The van der Waals surface area contributed by atoms with Crippen molar-refractivity contribution < 1.29 is 4.79 Å². The van der Waals surface area contributed by atoms with E-state index in [2.05, 4.69) is 12.1 Å². The van der Waals surface area contributed by atoms with Crippen LogP contribution in [0.15, 0.2) is 42.5 Å². The standard InChI is InChI=1S/C15H14O/c16-15(9-11-5-6-11)14-8-7-12-3-1-2-4-13(12)10-14/h1-4,7-8,10-11H,5-6,9H2. The highest BCUT2D eigenvalue weighted by Gasteiger charge is 2.24. The number of carbonyl (C=O) groups excluding carboxylic acids is 1. The summed E-state index contributed by atoms with van der Waals surface area (Å²) >= 11 is 0. The molecule has 2 aromatic rings. The molecule has 0 aliphatic heterocycles. The van der Waals surface area contributed by atoms with Crippen molar-refractivity contribution in [1.29, 1.82) is 0 Å². The van der Waals surface area contributed by atoms with Gasteiger partial charge in [0.1, 0.15) is 0 Å². The molecule has 0 aromatic heterocycles. The zero-order valence-electron chi connectivity index (χ0n) is 9.15. The molecule has 3 rings (SSSR count). The van der Waals surface area contributed by atoms with Gasteiger partial charge in [-0.15, -0.1) is 0 Å². The minimum Gasteiger partial charge on any atom is -0.294 e. The Bertz CT molecular complexity index is 538. The van der Waals surface area contributed by atoms with Crippen molar-refractivity contribution in [2.24, 2.45) is 5.92 Å². The summed E-state index contributed by atoms with van der Waals surface area (Å²) in [6, 6.07) is 14.2. The molecule has 0 bridgehead atoms. The van der Waals surface area contributed by atoms with E-state index >= 15 is 0 Å². The van der Waals surface area contributed by atoms with E-state index in [9.17, 15) is 4.79 Å². The van der Waals surface area contributed by atoms with Crippen LogP contribution in [0.3, 0.4) is 0 Å². The molecule has 0 spiro atoms. The van der Waals surface area contributed by atoms with Crippen molar-refractivity contribution >= 4 is 16.6 Å². The second kappa shape index (κ2) is 3.75. The van der Waals surface area contributed by atoms with Crippen molar-refractivity contribution in [3.63, 3.8) is 0 Å². The lowest BCUT2D eigenvalue weighted by Crippen LogP contribution is -1.99. The van der Waals surface area contributed by atoms with Crippen molar-refractivity contribution in [1.82, 2.24) is 0 Å². The van der Waals surface area contributed by atoms with Crippen LogP contribution in [0.25, 0.3) is 10.8 Å². The van der Waals surface area contributed by atoms with Gasteiger partial charge in [0, 0.05) is 12.0 Å². The third kappa shape index (κ3) is 1.85. The van der Waals surface area contributed by atoms with Gasteiger partial charge in [0.15, 0.2) is 5.78 Å². The van der Waals surface area contributed by atoms with E-state index in [-0.39, 0.29) is 0 Å². The van der Waals surface area contributed by atoms with E-state index in [0.29, 0.717) is 11.7 Å². The highest BCUT2D eigenvalue weighted by molar-refractivity contribution is 6.00. The van der Waals surface area contributed by atoms with Gasteiger partial charge >= 0.3 is 0 Å². The SMILES string of the molecule is O=C(CC1CC1)c1ccc2ccccc2c1. The number of benzene rings is 2. The zero-order chi connectivity index (χ0) is 11.0. The Kier molecular flexibility index (Phi) is 2.24. The fraction of sp³-hybridized carbons (Fsp3) is 0.267. The van der Waals surface area contributed by atoms with Crippen LogP contribution in [0.5, 0.6) is 0 Å². The first-order chi connectivity index (χ1) is 7.83. The van der Waals surface area contributed by atoms with Crippen LogP contribution in [0.4, 0.5) is 0 Å². The van der Waals surface area contributed by atoms with E-state index in [1.54, 1.807) is 0 Å². The molecule has 0 amide bonds. The molecular formula is C15H14O. The number of rotatable bonds is 3. The molecular weight excluding hydrogens is 196 g/mol. The summed E-state index contributed by atoms with van der Waals surface area (Å²) in [4.78, 5) is 11.9. The second-order valence-electron chi connectivity index (χ2n) is 4.63. The number of Topliss-reactive ketones (excluding diaryl/α,β-unsaturated/α-hetero) is 1. The highest BCUT2D eigenvalue weighted by Crippen LogP contribution is 2.33. The lowest BCUT2D eigenvalue weighted by molar-refractivity contribution is 0.0976. The first-order valence-corrected chi connectivity index (χ1v) is 5.85. The Morgan fingerprint density at radius 1 is 1.06 bits per heavy atom. The molecule has 16 heavy (non-hydrogen) atoms. The molecule has 0 saturated heterocycles. The Hall–Kier alpha value is -1.63. The van der Waals surface area contributed by atoms with Crippen LogP contribution < -0.4 is 0 Å². The van der Waals surface area contributed by atoms with E-state index in [4.69, 9.17) is 0 Å². The molecule has 1 aliphatic carbocycles. The predicted octanol–water partition coefficient (Wildman–Crippen LogP) is 3.82. The fourth-order valence-electron chi connectivity index (χ4n) is 2.06. The lowest BCUT2D eigenvalue weighted by atomic mass is 10.0. The molecule has 1 aliphatic rings. The summed E-state index contributed by atoms with van der Waals surface area (Å²) in [7, 11) is 0. The maximum atomic E-state index is 11.9. The van der Waals surface area contributed by atoms with Gasteiger partial charge < -0.3 is 0 Å². The van der Waals surface area contributed by atoms with Crippen molar-refractivity contribution in [2.45, 2.75) is 19.3 Å². The predicted molar refractivity (Wildman–Crippen MR) is 65.6 cm³/mol. The average Bonchev–Trinajstić information content (AvgIpc) is 3.12. The van der Waals surface area contributed by atoms with Gasteiger partial charge in [-0.2, -0.15) is 0 Å². The quantitative estimate of drug-likeness (QED) is 0.704. The molecule has 1 fully saturated rings. The summed E-state index contributed by atoms with van der Waals surface area (Å²) < 4.78 is 0. The number of carbonyl (C=O) groups is 1. The first kappa shape index (κ1) is 9.59. The van der Waals surface area contributed by atoms with Crippen LogP contribution in [0.2, 0.25) is 0 Å². The average molecular weight is 210 g/mol. The van der Waals surface area contributed by atoms with Crippen LogP contribution >= 0.6 is 0 Å². The summed E-state index contributed by atoms with van der Waals surface area (Å²) in [5, 5.41) is 2.36. The van der Waals surface area contributed by atoms with Gasteiger partial charge in [-0.05, 0) is 35.6 Å². The van der Waals surface area contributed by atoms with E-state index < -0.39 is 0 Å². The zero-order valence-corrected chi connectivity index (χ0v) is 9.15. The van der Waals surface area contributed by atoms with E-state index in [1.165, 1.54) is 18.2 Å². The van der Waals surface area contributed by atoms with Crippen LogP contribution in [-0.4, -0.2) is 5.78 Å². The first-order valence-electron chi connectivity index (χ1n) is 5.85. The van der Waals surface area contributed by atoms with E-state index in [1.807, 2.05) is 30.3 Å². The molecule has 2 aromatic carbocycles. The Labute approximate surface area is 95.1 Å². The van der Waals surface area contributed by atoms with Crippen molar-refractivity contribution in [3.05, 3.63) is 48.0 Å². The highest BCUT2D eigenvalue weighted by atomic mass is 16.1. The topological polar surface area (TPSA) is 17.1 Å². The molecule has 1 nitrogen and oxygen atoms in total. The third-order valence-electron chi connectivity index (χ3n) is 3.24. The smallest absolute Gasteiger partial charge is 0.163 e. The van der Waals surface area contributed by atoms with Gasteiger partial charge in [-0.3, -0.25) is 4.79 Å². The molecule has 0 heterocycles. The van der Waals surface area contributed by atoms with Gasteiger partial charge in [-0.25, -0.2) is 0 Å². The molecule has 0 unspecified atom stereocenters. The lowest BCUT2D eigenvalue weighted by Gasteiger charge is -2.02. The normalized spacial score (nSPS) is 15.2. The maximum Gasteiger partial charge on any atom is 0.163 e. The number of hydrogen-bond donors (Lipinski definition) is 0. The fourth-order valence-corrected chi connectivity index (χ4v) is 2.06. The number of fused-ring (bicyclic) bond motifs is 1. The number of ketones is 1. The van der Waals surface area contributed by atoms with Crippen molar-refractivity contribution in [2.75, 3.05) is 0 Å². The minimum atomic E-state index is 0.299. The molecule has 0 atom stereocenters. The third-order valence-corrected chi connectivity index (χ3v) is 3.24. The van der Waals surface area contributed by atoms with Crippen LogP contribution in [0, 0.1) is 5.92 Å². The largest absolute Gasteiger partial charge is 0.294 e. The maximum absolute atomic E-state index is 11.9. The van der Waals surface area contributed by atoms with Crippen LogP contribution in [-0.2, 0) is 0 Å². The Balaban J connectivity index is 1.94. The van der Waals surface area contributed by atoms with Crippen LogP contribution in [0.1, 0.15) is 29.6 Å². The molecule has 1 saturated carbocycles. The summed E-state index contributed by atoms with van der Waals surface area (Å²) in [5.74, 6) is 0.965. The molecule has 0 radical (unpaired) electrons. The molecule has 1 heteroatoms. The molecule has 80 valence electrons. The molecule has 0 N–H and O–H groups in total. The van der Waals surface area contributed by atoms with Gasteiger partial charge in [0.25, 0.3) is 0 Å². The van der Waals surface area contributed by atoms with Crippen molar-refractivity contribution in [3.8, 4) is 0 Å². The minimum absolute atomic E-state index is 0.299. The Morgan fingerprint density at radius 3 is 2.56 bits per heavy atom. The summed E-state index contributed by atoms with van der Waals surface area (Å²) in [6.45, 7) is 0. The second-order valence-corrected chi connectivity index (χ2v) is 4.63. The van der Waals surface area contributed by atoms with Gasteiger partial charge in [0.05, 0.1) is 0 Å². The van der Waals surface area contributed by atoms with E-state index in [0.717, 1.165) is 17.4 Å².